The minimum atomic E-state index is -0.865. The molecular formula is C13H13FO. The van der Waals surface area contributed by atoms with E-state index >= 15 is 0 Å². The molecule has 1 aromatic rings. The number of hydrogen-bond donors (Lipinski definition) is 0. The maximum atomic E-state index is 12.8. The molecule has 2 rings (SSSR count). The maximum absolute atomic E-state index is 12.8. The molecule has 1 aliphatic rings. The van der Waals surface area contributed by atoms with Crippen molar-refractivity contribution in [3.8, 4) is 5.75 Å². The number of benzene rings is 1. The number of allylic oxidation sites excluding steroid dienone is 3. The maximum Gasteiger partial charge on any atom is 0.127 e. The molecule has 0 bridgehead atoms. The molecule has 1 atom stereocenters. The molecule has 0 fully saturated rings. The summed E-state index contributed by atoms with van der Waals surface area (Å²) in [6.07, 6.45) is 4.50. The van der Waals surface area contributed by atoms with Crippen LogP contribution in [0.25, 0.3) is 0 Å². The molecule has 0 aromatic heterocycles. The Balaban J connectivity index is 2.04. The monoisotopic (exact) mass is 204 g/mol. The summed E-state index contributed by atoms with van der Waals surface area (Å²) in [7, 11) is 0. The lowest BCUT2D eigenvalue weighted by atomic mass is 10.1. The van der Waals surface area contributed by atoms with Crippen molar-refractivity contribution in [1.29, 1.82) is 0 Å². The number of aryl methyl sites for hydroxylation is 1. The molecule has 15 heavy (non-hydrogen) atoms. The Kier molecular flexibility index (Phi) is 2.86. The quantitative estimate of drug-likeness (QED) is 0.715. The topological polar surface area (TPSA) is 9.23 Å². The van der Waals surface area contributed by atoms with E-state index in [-0.39, 0.29) is 0 Å². The second kappa shape index (κ2) is 4.30. The van der Waals surface area contributed by atoms with Gasteiger partial charge in [0.25, 0.3) is 0 Å². The van der Waals surface area contributed by atoms with Crippen LogP contribution in [0.15, 0.2) is 48.3 Å². The molecule has 0 saturated heterocycles. The van der Waals surface area contributed by atoms with Crippen LogP contribution in [0, 0.1) is 6.92 Å². The Labute approximate surface area is 88.9 Å². The summed E-state index contributed by atoms with van der Waals surface area (Å²) in [6, 6.07) is 7.79. The van der Waals surface area contributed by atoms with E-state index in [0.29, 0.717) is 12.2 Å². The standard InChI is InChI=1S/C13H13FO/c1-10-2-6-12(7-3-10)15-13-8-4-11(14)5-9-13/h2-4,6-9,11H,5H2,1H3. The van der Waals surface area contributed by atoms with E-state index in [1.807, 2.05) is 31.2 Å². The summed E-state index contributed by atoms with van der Waals surface area (Å²) in [5.41, 5.74) is 1.19. The summed E-state index contributed by atoms with van der Waals surface area (Å²) >= 11 is 0. The van der Waals surface area contributed by atoms with Crippen molar-refractivity contribution in [2.75, 3.05) is 0 Å². The van der Waals surface area contributed by atoms with E-state index in [1.165, 1.54) is 11.6 Å². The van der Waals surface area contributed by atoms with E-state index < -0.39 is 6.17 Å². The zero-order valence-electron chi connectivity index (χ0n) is 8.61. The molecule has 0 heterocycles. The summed E-state index contributed by atoms with van der Waals surface area (Å²) in [6.45, 7) is 2.03. The summed E-state index contributed by atoms with van der Waals surface area (Å²) < 4.78 is 18.3. The van der Waals surface area contributed by atoms with Gasteiger partial charge in [0.2, 0.25) is 0 Å². The lowest BCUT2D eigenvalue weighted by molar-refractivity contribution is 0.381. The molecule has 1 nitrogen and oxygen atoms in total. The van der Waals surface area contributed by atoms with Gasteiger partial charge in [0.1, 0.15) is 17.7 Å². The van der Waals surface area contributed by atoms with Crippen molar-refractivity contribution in [1.82, 2.24) is 0 Å². The first-order valence-corrected chi connectivity index (χ1v) is 5.01. The molecule has 1 unspecified atom stereocenters. The predicted molar refractivity (Wildman–Crippen MR) is 58.5 cm³/mol. The number of halogens is 1. The van der Waals surface area contributed by atoms with Crippen LogP contribution in [0.2, 0.25) is 0 Å². The molecule has 0 spiro atoms. The van der Waals surface area contributed by atoms with E-state index in [2.05, 4.69) is 0 Å². The van der Waals surface area contributed by atoms with Crippen LogP contribution in [0.1, 0.15) is 12.0 Å². The fraction of sp³-hybridized carbons (Fsp3) is 0.231. The highest BCUT2D eigenvalue weighted by molar-refractivity contribution is 5.30. The van der Waals surface area contributed by atoms with Gasteiger partial charge in [0.05, 0.1) is 0 Å². The van der Waals surface area contributed by atoms with Gasteiger partial charge in [-0.15, -0.1) is 0 Å². The van der Waals surface area contributed by atoms with Crippen LogP contribution in [0.3, 0.4) is 0 Å². The summed E-state index contributed by atoms with van der Waals surface area (Å²) in [4.78, 5) is 0. The zero-order chi connectivity index (χ0) is 10.7. The van der Waals surface area contributed by atoms with Gasteiger partial charge in [-0.2, -0.15) is 0 Å². The summed E-state index contributed by atoms with van der Waals surface area (Å²) in [5, 5.41) is 0. The first-order chi connectivity index (χ1) is 7.24. The van der Waals surface area contributed by atoms with Gasteiger partial charge in [-0.25, -0.2) is 4.39 Å². The van der Waals surface area contributed by atoms with E-state index in [1.54, 1.807) is 12.2 Å². The second-order valence-electron chi connectivity index (χ2n) is 3.63. The molecule has 1 aliphatic carbocycles. The van der Waals surface area contributed by atoms with Gasteiger partial charge in [0.15, 0.2) is 0 Å². The summed E-state index contributed by atoms with van der Waals surface area (Å²) in [5.74, 6) is 1.50. The van der Waals surface area contributed by atoms with Crippen molar-refractivity contribution in [2.45, 2.75) is 19.5 Å². The van der Waals surface area contributed by atoms with Crippen molar-refractivity contribution in [3.05, 3.63) is 53.8 Å². The molecule has 2 heteroatoms. The smallest absolute Gasteiger partial charge is 0.127 e. The first-order valence-electron chi connectivity index (χ1n) is 5.01. The minimum absolute atomic E-state index is 0.400. The Bertz CT molecular complexity index is 390. The third kappa shape index (κ3) is 2.69. The Morgan fingerprint density at radius 2 is 2.00 bits per heavy atom. The highest BCUT2D eigenvalue weighted by Crippen LogP contribution is 2.19. The van der Waals surface area contributed by atoms with E-state index in [4.69, 9.17) is 4.74 Å². The average Bonchev–Trinajstić information content (AvgIpc) is 2.25. The van der Waals surface area contributed by atoms with Crippen molar-refractivity contribution < 1.29 is 9.13 Å². The van der Waals surface area contributed by atoms with Gasteiger partial charge in [-0.1, -0.05) is 17.7 Å². The Hall–Kier alpha value is -1.57. The van der Waals surface area contributed by atoms with Gasteiger partial charge in [0, 0.05) is 6.42 Å². The van der Waals surface area contributed by atoms with E-state index in [9.17, 15) is 4.39 Å². The lowest BCUT2D eigenvalue weighted by Gasteiger charge is -2.11. The molecule has 1 aromatic carbocycles. The molecule has 0 aliphatic heterocycles. The predicted octanol–water partition coefficient (Wildman–Crippen LogP) is 3.56. The Morgan fingerprint density at radius 1 is 1.27 bits per heavy atom. The normalized spacial score (nSPS) is 19.9. The van der Waals surface area contributed by atoms with Gasteiger partial charge in [-0.05, 0) is 37.3 Å². The van der Waals surface area contributed by atoms with Crippen LogP contribution < -0.4 is 4.74 Å². The number of alkyl halides is 1. The number of hydrogen-bond acceptors (Lipinski definition) is 1. The van der Waals surface area contributed by atoms with Crippen LogP contribution in [-0.4, -0.2) is 6.17 Å². The largest absolute Gasteiger partial charge is 0.458 e. The second-order valence-corrected chi connectivity index (χ2v) is 3.63. The third-order valence-corrected chi connectivity index (χ3v) is 2.27. The molecule has 78 valence electrons. The minimum Gasteiger partial charge on any atom is -0.458 e. The fourth-order valence-electron chi connectivity index (χ4n) is 1.39. The molecule has 0 radical (unpaired) electrons. The first kappa shape index (κ1) is 9.97. The fourth-order valence-corrected chi connectivity index (χ4v) is 1.39. The highest BCUT2D eigenvalue weighted by Gasteiger charge is 2.07. The molecule has 0 N–H and O–H groups in total. The zero-order valence-corrected chi connectivity index (χ0v) is 8.61. The van der Waals surface area contributed by atoms with Crippen molar-refractivity contribution in [3.63, 3.8) is 0 Å². The SMILES string of the molecule is Cc1ccc(OC2=CCC(F)C=C2)cc1. The number of rotatable bonds is 2. The third-order valence-electron chi connectivity index (χ3n) is 2.27. The average molecular weight is 204 g/mol. The number of ether oxygens (including phenoxy) is 1. The van der Waals surface area contributed by atoms with Gasteiger partial charge >= 0.3 is 0 Å². The van der Waals surface area contributed by atoms with Crippen LogP contribution in [0.5, 0.6) is 5.75 Å². The van der Waals surface area contributed by atoms with Crippen LogP contribution >= 0.6 is 0 Å². The molecule has 0 saturated carbocycles. The highest BCUT2D eigenvalue weighted by atomic mass is 19.1. The van der Waals surface area contributed by atoms with Crippen LogP contribution in [-0.2, 0) is 0 Å². The van der Waals surface area contributed by atoms with Crippen LogP contribution in [0.4, 0.5) is 4.39 Å². The Morgan fingerprint density at radius 3 is 2.60 bits per heavy atom. The van der Waals surface area contributed by atoms with Crippen molar-refractivity contribution >= 4 is 0 Å². The lowest BCUT2D eigenvalue weighted by Crippen LogP contribution is -2.02. The molecule has 0 amide bonds. The van der Waals surface area contributed by atoms with Gasteiger partial charge < -0.3 is 4.74 Å². The van der Waals surface area contributed by atoms with E-state index in [0.717, 1.165) is 5.75 Å². The van der Waals surface area contributed by atoms with Gasteiger partial charge in [-0.3, -0.25) is 0 Å². The molecular weight excluding hydrogens is 191 g/mol. The van der Waals surface area contributed by atoms with Crippen molar-refractivity contribution in [2.24, 2.45) is 0 Å².